The summed E-state index contributed by atoms with van der Waals surface area (Å²) < 4.78 is 27.2. The molecule has 0 spiro atoms. The van der Waals surface area contributed by atoms with E-state index in [4.69, 9.17) is 0 Å². The van der Waals surface area contributed by atoms with Gasteiger partial charge in [-0.15, -0.1) is 0 Å². The number of nitrogens with one attached hydrogen (secondary N) is 2. The molecule has 120 valence electrons. The minimum Gasteiger partial charge on any atom is -0.317 e. The van der Waals surface area contributed by atoms with Crippen LogP contribution in [0.1, 0.15) is 65.7 Å². The molecule has 0 saturated heterocycles. The van der Waals surface area contributed by atoms with Crippen molar-refractivity contribution in [1.29, 1.82) is 0 Å². The molecule has 0 heterocycles. The van der Waals surface area contributed by atoms with Crippen LogP contribution in [-0.2, 0) is 10.0 Å². The maximum atomic E-state index is 12.1. The van der Waals surface area contributed by atoms with E-state index in [0.717, 1.165) is 51.6 Å². The fourth-order valence-electron chi connectivity index (χ4n) is 2.83. The van der Waals surface area contributed by atoms with Crippen molar-refractivity contribution >= 4 is 10.0 Å². The van der Waals surface area contributed by atoms with Gasteiger partial charge in [-0.2, -0.15) is 0 Å². The molecule has 1 fully saturated rings. The van der Waals surface area contributed by atoms with Crippen molar-refractivity contribution in [2.45, 2.75) is 71.8 Å². The minimum atomic E-state index is -3.12. The number of rotatable bonds is 9. The quantitative estimate of drug-likeness (QED) is 0.644. The lowest BCUT2D eigenvalue weighted by Gasteiger charge is -2.38. The molecule has 0 bridgehead atoms. The molecule has 20 heavy (non-hydrogen) atoms. The van der Waals surface area contributed by atoms with E-state index < -0.39 is 10.0 Å². The number of sulfonamides is 1. The SMILES string of the molecule is CCCNCCCCS(=O)(=O)NC1CCCCC1(C)C. The molecule has 0 radical (unpaired) electrons. The molecule has 0 amide bonds. The molecule has 2 N–H and O–H groups in total. The van der Waals surface area contributed by atoms with Gasteiger partial charge in [0.05, 0.1) is 5.75 Å². The summed E-state index contributed by atoms with van der Waals surface area (Å²) in [6.45, 7) is 8.41. The fraction of sp³-hybridized carbons (Fsp3) is 1.00. The second-order valence-corrected chi connectivity index (χ2v) is 8.55. The molecule has 1 rings (SSSR count). The van der Waals surface area contributed by atoms with Crippen molar-refractivity contribution in [2.75, 3.05) is 18.8 Å². The summed E-state index contributed by atoms with van der Waals surface area (Å²) in [6, 6.07) is 0.111. The van der Waals surface area contributed by atoms with Crippen molar-refractivity contribution < 1.29 is 8.42 Å². The molecule has 1 aliphatic rings. The number of hydrogen-bond donors (Lipinski definition) is 2. The van der Waals surface area contributed by atoms with Gasteiger partial charge in [0, 0.05) is 6.04 Å². The Morgan fingerprint density at radius 2 is 1.90 bits per heavy atom. The van der Waals surface area contributed by atoms with E-state index in [1.165, 1.54) is 6.42 Å². The first-order valence-electron chi connectivity index (χ1n) is 8.08. The molecule has 0 aromatic carbocycles. The fourth-order valence-corrected chi connectivity index (χ4v) is 4.40. The van der Waals surface area contributed by atoms with Crippen molar-refractivity contribution in [3.63, 3.8) is 0 Å². The lowest BCUT2D eigenvalue weighted by Crippen LogP contribution is -2.47. The van der Waals surface area contributed by atoms with E-state index in [1.54, 1.807) is 0 Å². The third-order valence-corrected chi connectivity index (χ3v) is 5.74. The molecule has 0 aliphatic heterocycles. The van der Waals surface area contributed by atoms with Gasteiger partial charge < -0.3 is 5.32 Å². The molecule has 4 nitrogen and oxygen atoms in total. The average Bonchev–Trinajstić information content (AvgIpc) is 2.36. The van der Waals surface area contributed by atoms with Crippen molar-refractivity contribution in [3.05, 3.63) is 0 Å². The highest BCUT2D eigenvalue weighted by Gasteiger charge is 2.34. The van der Waals surface area contributed by atoms with Crippen LogP contribution in [0.5, 0.6) is 0 Å². The van der Waals surface area contributed by atoms with Crippen LogP contribution in [0.25, 0.3) is 0 Å². The van der Waals surface area contributed by atoms with Crippen LogP contribution in [0.15, 0.2) is 0 Å². The molecule has 0 aromatic heterocycles. The maximum Gasteiger partial charge on any atom is 0.211 e. The predicted molar refractivity (Wildman–Crippen MR) is 85.4 cm³/mol. The zero-order valence-electron chi connectivity index (χ0n) is 13.4. The highest BCUT2D eigenvalue weighted by molar-refractivity contribution is 7.89. The first-order valence-corrected chi connectivity index (χ1v) is 9.73. The van der Waals surface area contributed by atoms with E-state index in [-0.39, 0.29) is 17.2 Å². The molecule has 0 aromatic rings. The van der Waals surface area contributed by atoms with Gasteiger partial charge in [0.15, 0.2) is 0 Å². The Balaban J connectivity index is 2.30. The van der Waals surface area contributed by atoms with Gasteiger partial charge >= 0.3 is 0 Å². The van der Waals surface area contributed by atoms with Crippen LogP contribution in [-0.4, -0.2) is 33.3 Å². The number of unbranched alkanes of at least 4 members (excludes halogenated alkanes) is 1. The zero-order chi connectivity index (χ0) is 15.1. The predicted octanol–water partition coefficient (Wildman–Crippen LogP) is 2.65. The third-order valence-electron chi connectivity index (χ3n) is 4.27. The molecule has 5 heteroatoms. The minimum absolute atomic E-state index is 0.0913. The summed E-state index contributed by atoms with van der Waals surface area (Å²) in [6.07, 6.45) is 7.22. The molecule has 1 aliphatic carbocycles. The molecular formula is C15H32N2O2S. The maximum absolute atomic E-state index is 12.1. The van der Waals surface area contributed by atoms with E-state index in [9.17, 15) is 8.42 Å². The van der Waals surface area contributed by atoms with Crippen LogP contribution in [0, 0.1) is 5.41 Å². The average molecular weight is 305 g/mol. The topological polar surface area (TPSA) is 58.2 Å². The first kappa shape index (κ1) is 17.9. The van der Waals surface area contributed by atoms with Crippen LogP contribution in [0.4, 0.5) is 0 Å². The van der Waals surface area contributed by atoms with Gasteiger partial charge in [-0.1, -0.05) is 33.6 Å². The summed E-state index contributed by atoms with van der Waals surface area (Å²) in [7, 11) is -3.12. The third kappa shape index (κ3) is 6.55. The smallest absolute Gasteiger partial charge is 0.211 e. The Morgan fingerprint density at radius 1 is 1.15 bits per heavy atom. The summed E-state index contributed by atoms with van der Waals surface area (Å²) in [5.74, 6) is 0.257. The van der Waals surface area contributed by atoms with Gasteiger partial charge in [-0.3, -0.25) is 0 Å². The summed E-state index contributed by atoms with van der Waals surface area (Å²) >= 11 is 0. The van der Waals surface area contributed by atoms with E-state index in [2.05, 4.69) is 30.8 Å². The Bertz CT molecular complexity index is 366. The lowest BCUT2D eigenvalue weighted by atomic mass is 9.74. The highest BCUT2D eigenvalue weighted by atomic mass is 32.2. The van der Waals surface area contributed by atoms with E-state index in [0.29, 0.717) is 0 Å². The van der Waals surface area contributed by atoms with E-state index in [1.807, 2.05) is 0 Å². The molecule has 1 atom stereocenters. The van der Waals surface area contributed by atoms with E-state index >= 15 is 0 Å². The van der Waals surface area contributed by atoms with Gasteiger partial charge in [0.2, 0.25) is 10.0 Å². The lowest BCUT2D eigenvalue weighted by molar-refractivity contribution is 0.188. The standard InChI is InChI=1S/C15H32N2O2S/c1-4-11-16-12-7-8-13-20(18,19)17-14-9-5-6-10-15(14,2)3/h14,16-17H,4-13H2,1-3H3. The Hall–Kier alpha value is -0.130. The normalized spacial score (nSPS) is 22.9. The zero-order valence-corrected chi connectivity index (χ0v) is 14.2. The van der Waals surface area contributed by atoms with Gasteiger partial charge in [-0.05, 0) is 50.6 Å². The highest BCUT2D eigenvalue weighted by Crippen LogP contribution is 2.35. The largest absolute Gasteiger partial charge is 0.317 e. The Morgan fingerprint density at radius 3 is 2.55 bits per heavy atom. The van der Waals surface area contributed by atoms with Crippen LogP contribution >= 0.6 is 0 Å². The molecule has 1 saturated carbocycles. The second kappa shape index (κ2) is 8.35. The summed E-state index contributed by atoms with van der Waals surface area (Å²) in [5, 5.41) is 3.30. The van der Waals surface area contributed by atoms with Crippen molar-refractivity contribution in [3.8, 4) is 0 Å². The first-order chi connectivity index (χ1) is 9.37. The van der Waals surface area contributed by atoms with Crippen LogP contribution < -0.4 is 10.0 Å². The molecule has 1 unspecified atom stereocenters. The summed E-state index contributed by atoms with van der Waals surface area (Å²) in [5.41, 5.74) is 0.0913. The molecular weight excluding hydrogens is 272 g/mol. The van der Waals surface area contributed by atoms with Gasteiger partial charge in [0.25, 0.3) is 0 Å². The monoisotopic (exact) mass is 304 g/mol. The number of hydrogen-bond acceptors (Lipinski definition) is 3. The van der Waals surface area contributed by atoms with Crippen molar-refractivity contribution in [1.82, 2.24) is 10.0 Å². The Labute approximate surface area is 125 Å². The van der Waals surface area contributed by atoms with Gasteiger partial charge in [0.1, 0.15) is 0 Å². The van der Waals surface area contributed by atoms with Crippen molar-refractivity contribution in [2.24, 2.45) is 5.41 Å². The van der Waals surface area contributed by atoms with Crippen LogP contribution in [0.3, 0.4) is 0 Å². The second-order valence-electron chi connectivity index (χ2n) is 6.68. The van der Waals surface area contributed by atoms with Gasteiger partial charge in [-0.25, -0.2) is 13.1 Å². The van der Waals surface area contributed by atoms with Crippen LogP contribution in [0.2, 0.25) is 0 Å². The Kier molecular flexibility index (Phi) is 7.48. The summed E-state index contributed by atoms with van der Waals surface area (Å²) in [4.78, 5) is 0.